The lowest BCUT2D eigenvalue weighted by Crippen LogP contribution is -2.30. The molecule has 0 radical (unpaired) electrons. The summed E-state index contributed by atoms with van der Waals surface area (Å²) in [6.07, 6.45) is 1.82. The first-order valence-corrected chi connectivity index (χ1v) is 11.3. The van der Waals surface area contributed by atoms with E-state index in [2.05, 4.69) is 0 Å². The van der Waals surface area contributed by atoms with E-state index in [1.807, 2.05) is 41.8 Å². The highest BCUT2D eigenvalue weighted by Gasteiger charge is 2.20. The van der Waals surface area contributed by atoms with Gasteiger partial charge in [-0.15, -0.1) is 11.3 Å². The van der Waals surface area contributed by atoms with Crippen LogP contribution in [0.2, 0.25) is 0 Å². The number of hydrogen-bond donors (Lipinski definition) is 0. The molecular formula is C26H23FN2O3S. The van der Waals surface area contributed by atoms with Gasteiger partial charge in [-0.2, -0.15) is 0 Å². The highest BCUT2D eigenvalue weighted by atomic mass is 32.1. The fourth-order valence-electron chi connectivity index (χ4n) is 3.46. The fraction of sp³-hybridized carbons (Fsp3) is 0.154. The largest absolute Gasteiger partial charge is 0.467 e. The second-order valence-electron chi connectivity index (χ2n) is 7.67. The number of benzene rings is 2. The normalized spacial score (nSPS) is 10.7. The van der Waals surface area contributed by atoms with Crippen molar-refractivity contribution >= 4 is 28.8 Å². The standard InChI is InChI=1S/C26H23FN2O3S/c1-28(18-23-7-3-13-32-23)25(30)16-19-9-11-22(12-10-19)29(26(31)24-8-4-14-33-24)17-20-5-2-6-21(27)15-20/h2-15H,16-18H2,1H3. The van der Waals surface area contributed by atoms with E-state index in [-0.39, 0.29) is 30.6 Å². The van der Waals surface area contributed by atoms with Gasteiger partial charge in [0.2, 0.25) is 5.91 Å². The minimum absolute atomic E-state index is 0.0366. The summed E-state index contributed by atoms with van der Waals surface area (Å²) in [5.74, 6) is 0.187. The van der Waals surface area contributed by atoms with E-state index in [9.17, 15) is 14.0 Å². The van der Waals surface area contributed by atoms with Gasteiger partial charge in [-0.05, 0) is 59.0 Å². The van der Waals surface area contributed by atoms with E-state index in [0.717, 1.165) is 11.3 Å². The van der Waals surface area contributed by atoms with Crippen molar-refractivity contribution in [2.24, 2.45) is 0 Å². The molecule has 0 atom stereocenters. The number of carbonyl (C=O) groups excluding carboxylic acids is 2. The molecule has 0 saturated heterocycles. The van der Waals surface area contributed by atoms with Crippen LogP contribution in [0.1, 0.15) is 26.6 Å². The third kappa shape index (κ3) is 5.75. The van der Waals surface area contributed by atoms with Crippen molar-refractivity contribution in [3.05, 3.63) is 112 Å². The molecular weight excluding hydrogens is 439 g/mol. The summed E-state index contributed by atoms with van der Waals surface area (Å²) in [6.45, 7) is 0.638. The number of nitrogens with zero attached hydrogens (tertiary/aromatic N) is 2. The average Bonchev–Trinajstić information content (AvgIpc) is 3.52. The second-order valence-corrected chi connectivity index (χ2v) is 8.62. The minimum Gasteiger partial charge on any atom is -0.467 e. The van der Waals surface area contributed by atoms with E-state index in [1.165, 1.54) is 23.5 Å². The molecule has 4 rings (SSSR count). The Bertz CT molecular complexity index is 1200. The fourth-order valence-corrected chi connectivity index (χ4v) is 4.13. The van der Waals surface area contributed by atoms with Crippen molar-refractivity contribution < 1.29 is 18.4 Å². The average molecular weight is 463 g/mol. The Labute approximate surface area is 195 Å². The van der Waals surface area contributed by atoms with Crippen LogP contribution in [0.25, 0.3) is 0 Å². The molecule has 0 unspecified atom stereocenters. The number of hydrogen-bond acceptors (Lipinski definition) is 4. The van der Waals surface area contributed by atoms with Crippen molar-refractivity contribution in [1.82, 2.24) is 4.90 Å². The maximum atomic E-state index is 13.7. The molecule has 2 heterocycles. The molecule has 0 aliphatic rings. The van der Waals surface area contributed by atoms with Crippen LogP contribution in [0, 0.1) is 5.82 Å². The van der Waals surface area contributed by atoms with Gasteiger partial charge < -0.3 is 14.2 Å². The minimum atomic E-state index is -0.344. The summed E-state index contributed by atoms with van der Waals surface area (Å²) in [5, 5.41) is 1.85. The SMILES string of the molecule is CN(Cc1ccco1)C(=O)Cc1ccc(N(Cc2cccc(F)c2)C(=O)c2cccs2)cc1. The molecule has 2 aromatic heterocycles. The molecule has 168 valence electrons. The number of anilines is 1. The lowest BCUT2D eigenvalue weighted by Gasteiger charge is -2.23. The third-order valence-corrected chi connectivity index (χ3v) is 6.07. The quantitative estimate of drug-likeness (QED) is 0.346. The van der Waals surface area contributed by atoms with Gasteiger partial charge in [-0.1, -0.05) is 30.3 Å². The van der Waals surface area contributed by atoms with Crippen LogP contribution in [0.4, 0.5) is 10.1 Å². The zero-order valence-electron chi connectivity index (χ0n) is 18.1. The molecule has 0 aliphatic carbocycles. The van der Waals surface area contributed by atoms with Crippen LogP contribution in [0.5, 0.6) is 0 Å². The molecule has 7 heteroatoms. The first-order chi connectivity index (χ1) is 16.0. The number of amides is 2. The maximum absolute atomic E-state index is 13.7. The highest BCUT2D eigenvalue weighted by molar-refractivity contribution is 7.12. The van der Waals surface area contributed by atoms with Crippen LogP contribution in [-0.4, -0.2) is 23.8 Å². The van der Waals surface area contributed by atoms with Crippen molar-refractivity contribution in [3.63, 3.8) is 0 Å². The van der Waals surface area contributed by atoms with Gasteiger partial charge in [0.25, 0.3) is 5.91 Å². The van der Waals surface area contributed by atoms with Crippen LogP contribution in [0.3, 0.4) is 0 Å². The smallest absolute Gasteiger partial charge is 0.268 e. The Hall–Kier alpha value is -3.71. The van der Waals surface area contributed by atoms with E-state index < -0.39 is 0 Å². The van der Waals surface area contributed by atoms with Crippen molar-refractivity contribution in [3.8, 4) is 0 Å². The van der Waals surface area contributed by atoms with E-state index in [0.29, 0.717) is 22.7 Å². The zero-order valence-corrected chi connectivity index (χ0v) is 18.9. The molecule has 33 heavy (non-hydrogen) atoms. The van der Waals surface area contributed by atoms with Gasteiger partial charge in [0.05, 0.1) is 30.7 Å². The van der Waals surface area contributed by atoms with Crippen molar-refractivity contribution in [2.45, 2.75) is 19.5 Å². The van der Waals surface area contributed by atoms with E-state index in [4.69, 9.17) is 4.42 Å². The topological polar surface area (TPSA) is 53.8 Å². The molecule has 0 N–H and O–H groups in total. The summed E-state index contributed by atoms with van der Waals surface area (Å²) in [4.78, 5) is 29.6. The summed E-state index contributed by atoms with van der Waals surface area (Å²) < 4.78 is 19.0. The van der Waals surface area contributed by atoms with Crippen LogP contribution in [0.15, 0.2) is 88.9 Å². The summed E-state index contributed by atoms with van der Waals surface area (Å²) in [5.41, 5.74) is 2.21. The second kappa shape index (κ2) is 10.3. The molecule has 0 spiro atoms. The van der Waals surface area contributed by atoms with Crippen molar-refractivity contribution in [2.75, 3.05) is 11.9 Å². The monoisotopic (exact) mass is 462 g/mol. The molecule has 2 aromatic carbocycles. The van der Waals surface area contributed by atoms with Gasteiger partial charge in [0, 0.05) is 12.7 Å². The number of carbonyl (C=O) groups is 2. The molecule has 5 nitrogen and oxygen atoms in total. The van der Waals surface area contributed by atoms with E-state index in [1.54, 1.807) is 47.4 Å². The van der Waals surface area contributed by atoms with Gasteiger partial charge in [0.15, 0.2) is 0 Å². The number of rotatable bonds is 8. The van der Waals surface area contributed by atoms with Gasteiger partial charge in [-0.25, -0.2) is 4.39 Å². The Kier molecular flexibility index (Phi) is 7.00. The Morgan fingerprint density at radius 2 is 1.76 bits per heavy atom. The first kappa shape index (κ1) is 22.5. The Morgan fingerprint density at radius 1 is 0.939 bits per heavy atom. The number of thiophene rings is 1. The molecule has 4 aromatic rings. The first-order valence-electron chi connectivity index (χ1n) is 10.4. The highest BCUT2D eigenvalue weighted by Crippen LogP contribution is 2.23. The van der Waals surface area contributed by atoms with Crippen molar-refractivity contribution in [1.29, 1.82) is 0 Å². The van der Waals surface area contributed by atoms with Gasteiger partial charge in [-0.3, -0.25) is 9.59 Å². The summed E-state index contributed by atoms with van der Waals surface area (Å²) >= 11 is 1.36. The third-order valence-electron chi connectivity index (χ3n) is 5.21. The lowest BCUT2D eigenvalue weighted by molar-refractivity contribution is -0.129. The lowest BCUT2D eigenvalue weighted by atomic mass is 10.1. The number of halogens is 1. The van der Waals surface area contributed by atoms with Gasteiger partial charge in [0.1, 0.15) is 11.6 Å². The molecule has 0 fully saturated rings. The van der Waals surface area contributed by atoms with Crippen LogP contribution < -0.4 is 4.90 Å². The maximum Gasteiger partial charge on any atom is 0.268 e. The Balaban J connectivity index is 1.50. The predicted molar refractivity (Wildman–Crippen MR) is 127 cm³/mol. The van der Waals surface area contributed by atoms with Crippen LogP contribution in [-0.2, 0) is 24.3 Å². The van der Waals surface area contributed by atoms with Crippen LogP contribution >= 0.6 is 11.3 Å². The molecule has 0 bridgehead atoms. The summed E-state index contributed by atoms with van der Waals surface area (Å²) in [7, 11) is 1.74. The predicted octanol–water partition coefficient (Wildman–Crippen LogP) is 5.53. The van der Waals surface area contributed by atoms with E-state index >= 15 is 0 Å². The zero-order chi connectivity index (χ0) is 23.2. The number of furan rings is 1. The molecule has 0 saturated carbocycles. The molecule has 0 aliphatic heterocycles. The van der Waals surface area contributed by atoms with Gasteiger partial charge >= 0.3 is 0 Å². The summed E-state index contributed by atoms with van der Waals surface area (Å²) in [6, 6.07) is 20.8. The number of likely N-dealkylation sites (N-methyl/N-ethyl adjacent to an activating group) is 1. The Morgan fingerprint density at radius 3 is 2.42 bits per heavy atom. The molecule has 2 amide bonds.